The first-order chi connectivity index (χ1) is 8.64. The van der Waals surface area contributed by atoms with Crippen LogP contribution in [-0.4, -0.2) is 27.9 Å². The van der Waals surface area contributed by atoms with Crippen LogP contribution in [0.25, 0.3) is 0 Å². The van der Waals surface area contributed by atoms with E-state index in [1.165, 1.54) is 0 Å². The van der Waals surface area contributed by atoms with Crippen molar-refractivity contribution in [3.63, 3.8) is 0 Å². The summed E-state index contributed by atoms with van der Waals surface area (Å²) in [7, 11) is 5.00. The van der Waals surface area contributed by atoms with E-state index in [1.807, 2.05) is 12.1 Å². The summed E-state index contributed by atoms with van der Waals surface area (Å²) in [5.74, 6) is 2.36. The van der Waals surface area contributed by atoms with Gasteiger partial charge >= 0.3 is 0 Å². The topological polar surface area (TPSA) is 39.7 Å². The summed E-state index contributed by atoms with van der Waals surface area (Å²) in [6.45, 7) is 3.21. The molecule has 0 bridgehead atoms. The molecule has 1 unspecified atom stereocenters. The molecule has 0 aliphatic carbocycles. The van der Waals surface area contributed by atoms with Crippen molar-refractivity contribution in [3.05, 3.63) is 17.7 Å². The number of ether oxygens (including phenoxy) is 3. The van der Waals surface area contributed by atoms with Gasteiger partial charge in [-0.1, -0.05) is 0 Å². The van der Waals surface area contributed by atoms with E-state index < -0.39 is 0 Å². The predicted molar refractivity (Wildman–Crippen MR) is 70.7 cm³/mol. The molecule has 18 heavy (non-hydrogen) atoms. The van der Waals surface area contributed by atoms with E-state index in [1.54, 1.807) is 21.3 Å². The Hall–Kier alpha value is -1.42. The van der Waals surface area contributed by atoms with Crippen molar-refractivity contribution in [3.8, 4) is 17.2 Å². The summed E-state index contributed by atoms with van der Waals surface area (Å²) in [6.07, 6.45) is 2.24. The van der Waals surface area contributed by atoms with Crippen molar-refractivity contribution in [1.29, 1.82) is 0 Å². The number of rotatable bonds is 4. The van der Waals surface area contributed by atoms with Gasteiger partial charge in [-0.2, -0.15) is 0 Å². The van der Waals surface area contributed by atoms with Crippen LogP contribution in [0, 0.1) is 0 Å². The van der Waals surface area contributed by atoms with Crippen LogP contribution in [0.3, 0.4) is 0 Å². The van der Waals surface area contributed by atoms with E-state index in [2.05, 4.69) is 12.2 Å². The molecule has 1 aromatic rings. The van der Waals surface area contributed by atoms with Gasteiger partial charge in [-0.3, -0.25) is 0 Å². The third kappa shape index (κ3) is 2.12. The number of nitrogens with one attached hydrogen (secondary N) is 1. The highest BCUT2D eigenvalue weighted by Gasteiger charge is 2.36. The van der Waals surface area contributed by atoms with Gasteiger partial charge in [0.25, 0.3) is 0 Å². The number of benzene rings is 1. The van der Waals surface area contributed by atoms with Gasteiger partial charge in [0.15, 0.2) is 0 Å². The molecule has 1 fully saturated rings. The molecule has 1 heterocycles. The highest BCUT2D eigenvalue weighted by Crippen LogP contribution is 2.44. The van der Waals surface area contributed by atoms with Gasteiger partial charge in [0.2, 0.25) is 0 Å². The van der Waals surface area contributed by atoms with Crippen molar-refractivity contribution >= 4 is 0 Å². The summed E-state index contributed by atoms with van der Waals surface area (Å²) in [5.41, 5.74) is 0.981. The summed E-state index contributed by atoms with van der Waals surface area (Å²) in [6, 6.07) is 3.81. The second-order valence-electron chi connectivity index (χ2n) is 4.77. The number of methoxy groups -OCH3 is 3. The van der Waals surface area contributed by atoms with Crippen LogP contribution < -0.4 is 19.5 Å². The molecule has 0 amide bonds. The summed E-state index contributed by atoms with van der Waals surface area (Å²) < 4.78 is 16.3. The minimum absolute atomic E-state index is 0.0943. The average Bonchev–Trinajstić information content (AvgIpc) is 2.84. The highest BCUT2D eigenvalue weighted by molar-refractivity contribution is 5.54. The molecule has 0 radical (unpaired) electrons. The lowest BCUT2D eigenvalue weighted by Crippen LogP contribution is -2.34. The van der Waals surface area contributed by atoms with Crippen molar-refractivity contribution in [1.82, 2.24) is 5.32 Å². The van der Waals surface area contributed by atoms with Gasteiger partial charge in [-0.05, 0) is 26.3 Å². The van der Waals surface area contributed by atoms with Gasteiger partial charge in [0.1, 0.15) is 17.2 Å². The lowest BCUT2D eigenvalue weighted by atomic mass is 9.88. The van der Waals surface area contributed by atoms with E-state index in [4.69, 9.17) is 14.2 Å². The fourth-order valence-corrected chi connectivity index (χ4v) is 2.66. The normalized spacial score (nSPS) is 22.9. The quantitative estimate of drug-likeness (QED) is 0.891. The van der Waals surface area contributed by atoms with Crippen LogP contribution in [-0.2, 0) is 5.54 Å². The van der Waals surface area contributed by atoms with Crippen LogP contribution in [0.4, 0.5) is 0 Å². The Balaban J connectivity index is 2.56. The van der Waals surface area contributed by atoms with E-state index in [-0.39, 0.29) is 5.54 Å². The van der Waals surface area contributed by atoms with E-state index in [0.29, 0.717) is 0 Å². The lowest BCUT2D eigenvalue weighted by molar-refractivity contribution is 0.333. The second kappa shape index (κ2) is 5.06. The Bertz CT molecular complexity index is 400. The molecule has 1 N–H and O–H groups in total. The first kappa shape index (κ1) is 13.0. The standard InChI is InChI=1S/C14H21NO3/c1-14(6-5-7-15-14)13-11(17-3)8-10(16-2)9-12(13)18-4/h8-9,15H,5-7H2,1-4H3. The van der Waals surface area contributed by atoms with Crippen LogP contribution in [0.1, 0.15) is 25.3 Å². The molecule has 0 saturated carbocycles. The summed E-state index contributed by atoms with van der Waals surface area (Å²) >= 11 is 0. The lowest BCUT2D eigenvalue weighted by Gasteiger charge is -2.29. The van der Waals surface area contributed by atoms with Gasteiger partial charge in [-0.25, -0.2) is 0 Å². The monoisotopic (exact) mass is 251 g/mol. The maximum absolute atomic E-state index is 5.51. The van der Waals surface area contributed by atoms with Crippen molar-refractivity contribution < 1.29 is 14.2 Å². The molecular weight excluding hydrogens is 230 g/mol. The van der Waals surface area contributed by atoms with Crippen LogP contribution in [0.15, 0.2) is 12.1 Å². The molecule has 100 valence electrons. The van der Waals surface area contributed by atoms with Gasteiger partial charge in [-0.15, -0.1) is 0 Å². The summed E-state index contributed by atoms with van der Waals surface area (Å²) in [5, 5.41) is 3.54. The third-order valence-electron chi connectivity index (χ3n) is 3.64. The molecule has 1 saturated heterocycles. The van der Waals surface area contributed by atoms with Gasteiger partial charge < -0.3 is 19.5 Å². The Labute approximate surface area is 108 Å². The predicted octanol–water partition coefficient (Wildman–Crippen LogP) is 2.31. The molecular formula is C14H21NO3. The Morgan fingerprint density at radius 3 is 2.06 bits per heavy atom. The van der Waals surface area contributed by atoms with E-state index >= 15 is 0 Å². The zero-order valence-corrected chi connectivity index (χ0v) is 11.5. The molecule has 1 aliphatic heterocycles. The molecule has 1 atom stereocenters. The zero-order chi connectivity index (χ0) is 13.2. The fourth-order valence-electron chi connectivity index (χ4n) is 2.66. The fraction of sp³-hybridized carbons (Fsp3) is 0.571. The molecule has 2 rings (SSSR count). The van der Waals surface area contributed by atoms with Crippen molar-refractivity contribution in [2.24, 2.45) is 0 Å². The SMILES string of the molecule is COc1cc(OC)c(C2(C)CCCN2)c(OC)c1. The minimum Gasteiger partial charge on any atom is -0.496 e. The Morgan fingerprint density at radius 1 is 1.06 bits per heavy atom. The van der Waals surface area contributed by atoms with Crippen LogP contribution in [0.2, 0.25) is 0 Å². The first-order valence-corrected chi connectivity index (χ1v) is 6.20. The smallest absolute Gasteiger partial charge is 0.131 e. The second-order valence-corrected chi connectivity index (χ2v) is 4.77. The van der Waals surface area contributed by atoms with Crippen molar-refractivity contribution in [2.75, 3.05) is 27.9 Å². The maximum Gasteiger partial charge on any atom is 0.131 e. The Kier molecular flexibility index (Phi) is 3.66. The Morgan fingerprint density at radius 2 is 1.67 bits per heavy atom. The third-order valence-corrected chi connectivity index (χ3v) is 3.64. The first-order valence-electron chi connectivity index (χ1n) is 6.20. The summed E-state index contributed by atoms with van der Waals surface area (Å²) in [4.78, 5) is 0. The molecule has 4 heteroatoms. The maximum atomic E-state index is 5.51. The van der Waals surface area contributed by atoms with E-state index in [9.17, 15) is 0 Å². The van der Waals surface area contributed by atoms with E-state index in [0.717, 1.165) is 42.2 Å². The molecule has 0 aromatic heterocycles. The average molecular weight is 251 g/mol. The molecule has 1 aromatic carbocycles. The van der Waals surface area contributed by atoms with Crippen LogP contribution in [0.5, 0.6) is 17.2 Å². The number of hydrogen-bond donors (Lipinski definition) is 1. The van der Waals surface area contributed by atoms with Gasteiger partial charge in [0, 0.05) is 17.7 Å². The molecule has 0 spiro atoms. The number of hydrogen-bond acceptors (Lipinski definition) is 4. The minimum atomic E-state index is -0.0943. The zero-order valence-electron chi connectivity index (χ0n) is 11.5. The van der Waals surface area contributed by atoms with Gasteiger partial charge in [0.05, 0.1) is 26.9 Å². The van der Waals surface area contributed by atoms with Crippen molar-refractivity contribution in [2.45, 2.75) is 25.3 Å². The molecule has 1 aliphatic rings. The molecule has 4 nitrogen and oxygen atoms in total. The largest absolute Gasteiger partial charge is 0.496 e. The highest BCUT2D eigenvalue weighted by atomic mass is 16.5. The van der Waals surface area contributed by atoms with Crippen LogP contribution >= 0.6 is 0 Å².